The van der Waals surface area contributed by atoms with Gasteiger partial charge in [0.25, 0.3) is 0 Å². The first-order chi connectivity index (χ1) is 11.6. The van der Waals surface area contributed by atoms with Crippen molar-refractivity contribution in [2.24, 2.45) is 4.99 Å². The summed E-state index contributed by atoms with van der Waals surface area (Å²) in [6, 6.07) is 14.4. The van der Waals surface area contributed by atoms with E-state index < -0.39 is 0 Å². The minimum atomic E-state index is -0.376. The molecular weight excluding hydrogens is 300 g/mol. The molecule has 4 nitrogen and oxygen atoms in total. The first-order valence-corrected chi connectivity index (χ1v) is 8.23. The van der Waals surface area contributed by atoms with Crippen LogP contribution in [0.5, 0.6) is 11.5 Å². The zero-order valence-electron chi connectivity index (χ0n) is 14.0. The number of hydrogen-bond donors (Lipinski definition) is 3. The number of aromatic hydroxyl groups is 2. The van der Waals surface area contributed by atoms with Crippen molar-refractivity contribution >= 4 is 11.9 Å². The molecule has 0 radical (unpaired) electrons. The predicted octanol–water partition coefficient (Wildman–Crippen LogP) is 4.16. The molecular formula is C20H22N2O2. The molecule has 1 atom stereocenters. The second-order valence-corrected chi connectivity index (χ2v) is 5.98. The fourth-order valence-electron chi connectivity index (χ4n) is 3.03. The zero-order valence-corrected chi connectivity index (χ0v) is 14.0. The van der Waals surface area contributed by atoms with Crippen LogP contribution >= 0.6 is 0 Å². The molecule has 1 aliphatic heterocycles. The molecule has 0 fully saturated rings. The van der Waals surface area contributed by atoms with Gasteiger partial charge in [-0.15, -0.1) is 0 Å². The molecule has 0 aliphatic carbocycles. The van der Waals surface area contributed by atoms with Crippen LogP contribution in [0.4, 0.5) is 0 Å². The van der Waals surface area contributed by atoms with E-state index in [0.29, 0.717) is 0 Å². The van der Waals surface area contributed by atoms with Crippen LogP contribution in [-0.2, 0) is 5.54 Å². The van der Waals surface area contributed by atoms with Crippen molar-refractivity contribution in [2.45, 2.75) is 32.2 Å². The lowest BCUT2D eigenvalue weighted by Gasteiger charge is -2.36. The third-order valence-electron chi connectivity index (χ3n) is 4.51. The van der Waals surface area contributed by atoms with E-state index in [2.05, 4.69) is 19.2 Å². The van der Waals surface area contributed by atoms with E-state index in [1.165, 1.54) is 0 Å². The average molecular weight is 322 g/mol. The van der Waals surface area contributed by atoms with E-state index in [-0.39, 0.29) is 17.0 Å². The summed E-state index contributed by atoms with van der Waals surface area (Å²) in [6.07, 6.45) is 3.61. The summed E-state index contributed by atoms with van der Waals surface area (Å²) in [5.74, 6) is 0.505. The normalized spacial score (nSPS) is 20.1. The molecule has 0 spiro atoms. The van der Waals surface area contributed by atoms with Gasteiger partial charge in [-0.3, -0.25) is 4.99 Å². The van der Waals surface area contributed by atoms with E-state index in [9.17, 15) is 10.2 Å². The SMILES string of the molecule is CCC1=C(c2ccc(O)cc2)N=CC(CC)(c2ccc(O)cc2)N1. The van der Waals surface area contributed by atoms with Gasteiger partial charge in [-0.05, 0) is 54.8 Å². The highest BCUT2D eigenvalue weighted by atomic mass is 16.3. The Morgan fingerprint density at radius 2 is 1.50 bits per heavy atom. The topological polar surface area (TPSA) is 64.9 Å². The third-order valence-corrected chi connectivity index (χ3v) is 4.51. The standard InChI is InChI=1S/C20H22N2O2/c1-3-18-19(14-5-9-16(23)10-6-14)21-13-20(4-2,22-18)15-7-11-17(24)12-8-15/h5-13,22-24H,3-4H2,1-2H3. The number of phenols is 2. The van der Waals surface area contributed by atoms with Crippen molar-refractivity contribution < 1.29 is 10.2 Å². The molecule has 1 aliphatic rings. The quantitative estimate of drug-likeness (QED) is 0.792. The maximum atomic E-state index is 9.54. The van der Waals surface area contributed by atoms with Crippen LogP contribution in [0.1, 0.15) is 37.8 Å². The minimum Gasteiger partial charge on any atom is -0.508 e. The Hall–Kier alpha value is -2.75. The van der Waals surface area contributed by atoms with E-state index in [1.807, 2.05) is 30.5 Å². The van der Waals surface area contributed by atoms with Gasteiger partial charge in [0.1, 0.15) is 11.5 Å². The van der Waals surface area contributed by atoms with Crippen molar-refractivity contribution in [3.8, 4) is 11.5 Å². The van der Waals surface area contributed by atoms with E-state index in [1.54, 1.807) is 24.3 Å². The molecule has 3 N–H and O–H groups in total. The number of nitrogens with one attached hydrogen (secondary N) is 1. The maximum Gasteiger partial charge on any atom is 0.115 e. The van der Waals surface area contributed by atoms with Crippen LogP contribution in [0, 0.1) is 0 Å². The molecule has 4 heteroatoms. The molecule has 1 unspecified atom stereocenters. The summed E-state index contributed by atoms with van der Waals surface area (Å²) in [6.45, 7) is 4.21. The first kappa shape index (κ1) is 16.1. The lowest BCUT2D eigenvalue weighted by atomic mass is 9.86. The number of allylic oxidation sites excluding steroid dienone is 1. The average Bonchev–Trinajstić information content (AvgIpc) is 2.62. The van der Waals surface area contributed by atoms with Gasteiger partial charge < -0.3 is 15.5 Å². The number of phenolic OH excluding ortho intramolecular Hbond substituents is 2. The molecule has 3 rings (SSSR count). The second kappa shape index (κ2) is 6.40. The van der Waals surface area contributed by atoms with Crippen LogP contribution in [0.3, 0.4) is 0 Å². The van der Waals surface area contributed by atoms with Gasteiger partial charge in [0, 0.05) is 17.5 Å². The van der Waals surface area contributed by atoms with Crippen molar-refractivity contribution in [1.82, 2.24) is 5.32 Å². The third kappa shape index (κ3) is 2.87. The minimum absolute atomic E-state index is 0.247. The van der Waals surface area contributed by atoms with Crippen molar-refractivity contribution in [3.63, 3.8) is 0 Å². The van der Waals surface area contributed by atoms with Gasteiger partial charge in [0.05, 0.1) is 11.2 Å². The van der Waals surface area contributed by atoms with Gasteiger partial charge >= 0.3 is 0 Å². The molecule has 0 saturated carbocycles. The van der Waals surface area contributed by atoms with Gasteiger partial charge in [-0.25, -0.2) is 0 Å². The Morgan fingerprint density at radius 3 is 2.04 bits per heavy atom. The van der Waals surface area contributed by atoms with Gasteiger partial charge in [0.2, 0.25) is 0 Å². The molecule has 24 heavy (non-hydrogen) atoms. The Morgan fingerprint density at radius 1 is 0.917 bits per heavy atom. The molecule has 2 aromatic rings. The number of hydrogen-bond acceptors (Lipinski definition) is 4. The monoisotopic (exact) mass is 322 g/mol. The zero-order chi connectivity index (χ0) is 17.2. The van der Waals surface area contributed by atoms with Crippen LogP contribution in [0.15, 0.2) is 59.2 Å². The lowest BCUT2D eigenvalue weighted by molar-refractivity contribution is 0.464. The first-order valence-electron chi connectivity index (χ1n) is 8.23. The molecule has 0 bridgehead atoms. The Balaban J connectivity index is 2.00. The van der Waals surface area contributed by atoms with Crippen LogP contribution in [-0.4, -0.2) is 16.4 Å². The fourth-order valence-corrected chi connectivity index (χ4v) is 3.03. The number of benzene rings is 2. The van der Waals surface area contributed by atoms with Crippen molar-refractivity contribution in [2.75, 3.05) is 0 Å². The summed E-state index contributed by atoms with van der Waals surface area (Å²) in [4.78, 5) is 4.75. The molecule has 0 amide bonds. The Labute approximate surface area is 142 Å². The highest BCUT2D eigenvalue weighted by Gasteiger charge is 2.32. The maximum absolute atomic E-state index is 9.54. The molecule has 124 valence electrons. The summed E-state index contributed by atoms with van der Waals surface area (Å²) in [7, 11) is 0. The summed E-state index contributed by atoms with van der Waals surface area (Å²) in [5.41, 5.74) is 3.64. The number of aliphatic imine (C=N–C) groups is 1. The highest BCUT2D eigenvalue weighted by molar-refractivity contribution is 5.85. The van der Waals surface area contributed by atoms with E-state index >= 15 is 0 Å². The van der Waals surface area contributed by atoms with Crippen molar-refractivity contribution in [1.29, 1.82) is 0 Å². The fraction of sp³-hybridized carbons (Fsp3) is 0.250. The van der Waals surface area contributed by atoms with Crippen molar-refractivity contribution in [3.05, 3.63) is 65.4 Å². The van der Waals surface area contributed by atoms with Crippen LogP contribution < -0.4 is 5.32 Å². The largest absolute Gasteiger partial charge is 0.508 e. The lowest BCUT2D eigenvalue weighted by Crippen LogP contribution is -2.45. The van der Waals surface area contributed by atoms with Gasteiger partial charge in [-0.2, -0.15) is 0 Å². The summed E-state index contributed by atoms with van der Waals surface area (Å²) < 4.78 is 0. The Kier molecular flexibility index (Phi) is 4.30. The van der Waals surface area contributed by atoms with Crippen LogP contribution in [0.2, 0.25) is 0 Å². The molecule has 1 heterocycles. The smallest absolute Gasteiger partial charge is 0.115 e. The Bertz CT molecular complexity index is 776. The van der Waals surface area contributed by atoms with Gasteiger partial charge in [0.15, 0.2) is 0 Å². The van der Waals surface area contributed by atoms with Crippen LogP contribution in [0.25, 0.3) is 5.70 Å². The summed E-state index contributed by atoms with van der Waals surface area (Å²) >= 11 is 0. The summed E-state index contributed by atoms with van der Waals surface area (Å²) in [5, 5.41) is 22.7. The van der Waals surface area contributed by atoms with E-state index in [4.69, 9.17) is 4.99 Å². The second-order valence-electron chi connectivity index (χ2n) is 5.98. The highest BCUT2D eigenvalue weighted by Crippen LogP contribution is 2.34. The van der Waals surface area contributed by atoms with Gasteiger partial charge in [-0.1, -0.05) is 26.0 Å². The molecule has 2 aromatic carbocycles. The number of rotatable bonds is 4. The predicted molar refractivity (Wildman–Crippen MR) is 97.0 cm³/mol. The molecule has 0 aromatic heterocycles. The van der Waals surface area contributed by atoms with E-state index in [0.717, 1.165) is 35.4 Å². The molecule has 0 saturated heterocycles. The number of nitrogens with zero attached hydrogens (tertiary/aromatic N) is 1.